The number of anilines is 1. The van der Waals surface area contributed by atoms with Gasteiger partial charge in [-0.25, -0.2) is 0 Å². The van der Waals surface area contributed by atoms with Crippen LogP contribution in [-0.2, 0) is 17.6 Å². The van der Waals surface area contributed by atoms with Gasteiger partial charge in [0.05, 0.1) is 0 Å². The van der Waals surface area contributed by atoms with Crippen molar-refractivity contribution >= 4 is 35.0 Å². The molecule has 2 N–H and O–H groups in total. The van der Waals surface area contributed by atoms with E-state index in [4.69, 9.17) is 33.5 Å². The van der Waals surface area contributed by atoms with E-state index in [1.807, 2.05) is 36.4 Å². The number of hydrogen-bond acceptors (Lipinski definition) is 5. The maximum atomic E-state index is 12.6. The highest BCUT2D eigenvalue weighted by Gasteiger charge is 2.22. The SMILES string of the molecule is Nc1nc([C@@H](CC(=O)Cc2ccc(Cl)cc2)Cc2ccc(Cl)cc2)no1. The minimum atomic E-state index is -0.225. The van der Waals surface area contributed by atoms with Gasteiger partial charge in [0.25, 0.3) is 0 Å². The number of rotatable bonds is 7. The van der Waals surface area contributed by atoms with Crippen molar-refractivity contribution in [2.45, 2.75) is 25.2 Å². The molecule has 0 fully saturated rings. The molecule has 26 heavy (non-hydrogen) atoms. The lowest BCUT2D eigenvalue weighted by Gasteiger charge is -2.13. The van der Waals surface area contributed by atoms with Crippen molar-refractivity contribution in [3.63, 3.8) is 0 Å². The van der Waals surface area contributed by atoms with Crippen molar-refractivity contribution in [1.82, 2.24) is 10.1 Å². The first-order valence-corrected chi connectivity index (χ1v) is 8.85. The number of nitrogens with zero attached hydrogens (tertiary/aromatic N) is 2. The topological polar surface area (TPSA) is 82.0 Å². The number of benzene rings is 2. The molecule has 0 aliphatic heterocycles. The number of hydrogen-bond donors (Lipinski definition) is 1. The van der Waals surface area contributed by atoms with Gasteiger partial charge < -0.3 is 10.3 Å². The molecular weight excluding hydrogens is 373 g/mol. The summed E-state index contributed by atoms with van der Waals surface area (Å²) in [5, 5.41) is 5.20. The Morgan fingerprint density at radius 3 is 2.12 bits per heavy atom. The van der Waals surface area contributed by atoms with E-state index in [0.29, 0.717) is 28.7 Å². The van der Waals surface area contributed by atoms with Crippen LogP contribution in [0.1, 0.15) is 29.3 Å². The lowest BCUT2D eigenvalue weighted by Crippen LogP contribution is -2.13. The van der Waals surface area contributed by atoms with Crippen LogP contribution in [0.15, 0.2) is 53.1 Å². The third kappa shape index (κ3) is 5.07. The van der Waals surface area contributed by atoms with Gasteiger partial charge in [-0.2, -0.15) is 4.98 Å². The van der Waals surface area contributed by atoms with E-state index in [-0.39, 0.29) is 24.1 Å². The highest BCUT2D eigenvalue weighted by molar-refractivity contribution is 6.30. The third-order valence-electron chi connectivity index (χ3n) is 4.01. The average Bonchev–Trinajstić information content (AvgIpc) is 3.05. The maximum absolute atomic E-state index is 12.6. The number of carbonyl (C=O) groups excluding carboxylic acids is 1. The van der Waals surface area contributed by atoms with Gasteiger partial charge in [-0.3, -0.25) is 4.79 Å². The minimum absolute atomic E-state index is 0.00810. The van der Waals surface area contributed by atoms with E-state index in [1.165, 1.54) is 0 Å². The van der Waals surface area contributed by atoms with Gasteiger partial charge in [0.1, 0.15) is 5.78 Å². The molecule has 0 spiro atoms. The molecule has 3 aromatic rings. The molecule has 1 aromatic heterocycles. The normalized spacial score (nSPS) is 12.1. The molecule has 3 rings (SSSR count). The number of carbonyl (C=O) groups is 1. The predicted molar refractivity (Wildman–Crippen MR) is 101 cm³/mol. The number of halogens is 2. The summed E-state index contributed by atoms with van der Waals surface area (Å²) in [4.78, 5) is 16.7. The first-order valence-electron chi connectivity index (χ1n) is 8.09. The van der Waals surface area contributed by atoms with E-state index in [9.17, 15) is 4.79 Å². The van der Waals surface area contributed by atoms with Gasteiger partial charge in [0.2, 0.25) is 0 Å². The number of ketones is 1. The number of nitrogens with two attached hydrogens (primary N) is 1. The largest absolute Gasteiger partial charge is 0.351 e. The van der Waals surface area contributed by atoms with Crippen LogP contribution in [0.25, 0.3) is 0 Å². The van der Waals surface area contributed by atoms with Crippen LogP contribution >= 0.6 is 23.2 Å². The fourth-order valence-electron chi connectivity index (χ4n) is 2.75. The Hall–Kier alpha value is -2.37. The van der Waals surface area contributed by atoms with Crippen molar-refractivity contribution in [2.75, 3.05) is 5.73 Å². The standard InChI is InChI=1S/C19H17Cl2N3O2/c20-15-5-1-12(2-6-15)9-14(18-23-19(22)26-24-18)11-17(25)10-13-3-7-16(21)8-4-13/h1-8,14H,9-11H2,(H2,22,23,24)/t14-/m1/s1. The van der Waals surface area contributed by atoms with Gasteiger partial charge in [-0.05, 0) is 41.8 Å². The molecule has 0 saturated heterocycles. The second-order valence-electron chi connectivity index (χ2n) is 6.06. The van der Waals surface area contributed by atoms with Crippen LogP contribution < -0.4 is 5.73 Å². The smallest absolute Gasteiger partial charge is 0.318 e. The Bertz CT molecular complexity index is 877. The molecule has 134 valence electrons. The molecule has 0 aliphatic rings. The number of aromatic nitrogens is 2. The molecule has 0 unspecified atom stereocenters. The Balaban J connectivity index is 1.73. The fourth-order valence-corrected chi connectivity index (χ4v) is 3.00. The van der Waals surface area contributed by atoms with E-state index in [2.05, 4.69) is 10.1 Å². The molecule has 0 aliphatic carbocycles. The zero-order chi connectivity index (χ0) is 18.5. The van der Waals surface area contributed by atoms with Crippen LogP contribution in [0.3, 0.4) is 0 Å². The number of nitrogen functional groups attached to an aromatic ring is 1. The second-order valence-corrected chi connectivity index (χ2v) is 6.94. The molecule has 0 bridgehead atoms. The Labute approximate surface area is 161 Å². The zero-order valence-electron chi connectivity index (χ0n) is 13.9. The fraction of sp³-hybridized carbons (Fsp3) is 0.211. The summed E-state index contributed by atoms with van der Waals surface area (Å²) in [6, 6.07) is 14.7. The summed E-state index contributed by atoms with van der Waals surface area (Å²) in [6.07, 6.45) is 1.19. The first-order chi connectivity index (χ1) is 12.5. The third-order valence-corrected chi connectivity index (χ3v) is 4.51. The van der Waals surface area contributed by atoms with Crippen LogP contribution in [0.2, 0.25) is 10.0 Å². The van der Waals surface area contributed by atoms with Gasteiger partial charge in [-0.1, -0.05) is 52.6 Å². The van der Waals surface area contributed by atoms with Crippen molar-refractivity contribution in [2.24, 2.45) is 0 Å². The van der Waals surface area contributed by atoms with E-state index in [0.717, 1.165) is 11.1 Å². The van der Waals surface area contributed by atoms with Crippen molar-refractivity contribution < 1.29 is 9.32 Å². The van der Waals surface area contributed by atoms with Crippen molar-refractivity contribution in [1.29, 1.82) is 0 Å². The molecule has 0 radical (unpaired) electrons. The van der Waals surface area contributed by atoms with Gasteiger partial charge in [0.15, 0.2) is 5.82 Å². The van der Waals surface area contributed by atoms with Gasteiger partial charge in [0, 0.05) is 28.8 Å². The van der Waals surface area contributed by atoms with E-state index >= 15 is 0 Å². The predicted octanol–water partition coefficient (Wildman–Crippen LogP) is 4.49. The molecule has 1 atom stereocenters. The van der Waals surface area contributed by atoms with Crippen LogP contribution in [-0.4, -0.2) is 15.9 Å². The molecule has 0 saturated carbocycles. The molecule has 7 heteroatoms. The summed E-state index contributed by atoms with van der Waals surface area (Å²) >= 11 is 11.8. The zero-order valence-corrected chi connectivity index (χ0v) is 15.4. The molecule has 1 heterocycles. The Kier molecular flexibility index (Phi) is 5.91. The van der Waals surface area contributed by atoms with Crippen molar-refractivity contribution in [3.8, 4) is 0 Å². The highest BCUT2D eigenvalue weighted by Crippen LogP contribution is 2.25. The summed E-state index contributed by atoms with van der Waals surface area (Å²) < 4.78 is 4.88. The van der Waals surface area contributed by atoms with Crippen LogP contribution in [0.5, 0.6) is 0 Å². The maximum Gasteiger partial charge on any atom is 0.318 e. The Morgan fingerprint density at radius 1 is 1.00 bits per heavy atom. The van der Waals surface area contributed by atoms with Gasteiger partial charge >= 0.3 is 6.01 Å². The van der Waals surface area contributed by atoms with Gasteiger partial charge in [-0.15, -0.1) is 0 Å². The van der Waals surface area contributed by atoms with Crippen molar-refractivity contribution in [3.05, 3.63) is 75.5 Å². The molecule has 2 aromatic carbocycles. The monoisotopic (exact) mass is 389 g/mol. The summed E-state index contributed by atoms with van der Waals surface area (Å²) in [5.41, 5.74) is 7.49. The molecule has 0 amide bonds. The average molecular weight is 390 g/mol. The van der Waals surface area contributed by atoms with E-state index in [1.54, 1.807) is 12.1 Å². The summed E-state index contributed by atoms with van der Waals surface area (Å²) in [5.74, 6) is 0.286. The van der Waals surface area contributed by atoms with E-state index < -0.39 is 0 Å². The summed E-state index contributed by atoms with van der Waals surface area (Å²) in [6.45, 7) is 0. The first kappa shape index (κ1) is 18.4. The second kappa shape index (κ2) is 8.34. The minimum Gasteiger partial charge on any atom is -0.351 e. The highest BCUT2D eigenvalue weighted by atomic mass is 35.5. The molecular formula is C19H17Cl2N3O2. The summed E-state index contributed by atoms with van der Waals surface area (Å²) in [7, 11) is 0. The number of Topliss-reactive ketones (excluding diaryl/α,β-unsaturated/α-hetero) is 1. The lowest BCUT2D eigenvalue weighted by molar-refractivity contribution is -0.118. The quantitative estimate of drug-likeness (QED) is 0.643. The van der Waals surface area contributed by atoms with Crippen LogP contribution in [0.4, 0.5) is 6.01 Å². The molecule has 5 nitrogen and oxygen atoms in total. The Morgan fingerprint density at radius 2 is 1.58 bits per heavy atom. The van der Waals surface area contributed by atoms with Crippen LogP contribution in [0, 0.1) is 0 Å². The lowest BCUT2D eigenvalue weighted by atomic mass is 9.91.